The molecule has 3 nitrogen and oxygen atoms in total. The van der Waals surface area contributed by atoms with Crippen LogP contribution in [0.25, 0.3) is 0 Å². The van der Waals surface area contributed by atoms with Gasteiger partial charge >= 0.3 is 0 Å². The van der Waals surface area contributed by atoms with Gasteiger partial charge in [-0.15, -0.1) is 0 Å². The zero-order valence-corrected chi connectivity index (χ0v) is 10.5. The molecule has 1 aliphatic heterocycles. The Kier molecular flexibility index (Phi) is 1.98. The highest BCUT2D eigenvalue weighted by Crippen LogP contribution is 2.65. The lowest BCUT2D eigenvalue weighted by atomic mass is 9.88. The first kappa shape index (κ1) is 10.4. The molecular weight excluding hydrogens is 212 g/mol. The highest BCUT2D eigenvalue weighted by Gasteiger charge is 2.65. The van der Waals surface area contributed by atoms with Crippen molar-refractivity contribution >= 4 is 5.91 Å². The second-order valence-electron chi connectivity index (χ2n) is 6.97. The van der Waals surface area contributed by atoms with Crippen LogP contribution < -0.4 is 10.6 Å². The van der Waals surface area contributed by atoms with E-state index >= 15 is 0 Å². The average molecular weight is 234 g/mol. The van der Waals surface area contributed by atoms with Gasteiger partial charge in [0.2, 0.25) is 5.91 Å². The van der Waals surface area contributed by atoms with Crippen LogP contribution in [0.3, 0.4) is 0 Å². The van der Waals surface area contributed by atoms with Crippen molar-refractivity contribution in [2.24, 2.45) is 29.1 Å². The van der Waals surface area contributed by atoms with Crippen molar-refractivity contribution in [3.05, 3.63) is 0 Å². The van der Waals surface area contributed by atoms with E-state index in [2.05, 4.69) is 17.6 Å². The predicted octanol–water partition coefficient (Wildman–Crippen LogP) is 1.15. The maximum Gasteiger partial charge on any atom is 0.227 e. The predicted molar refractivity (Wildman–Crippen MR) is 65.3 cm³/mol. The number of amides is 1. The molecule has 94 valence electrons. The average Bonchev–Trinajstić information content (AvgIpc) is 2.78. The molecule has 0 aromatic carbocycles. The molecule has 17 heavy (non-hydrogen) atoms. The molecule has 3 heteroatoms. The van der Waals surface area contributed by atoms with Gasteiger partial charge < -0.3 is 10.6 Å². The van der Waals surface area contributed by atoms with Crippen molar-refractivity contribution in [1.29, 1.82) is 0 Å². The second-order valence-corrected chi connectivity index (χ2v) is 6.97. The molecule has 0 spiro atoms. The number of fused-ring (bicyclic) bond motifs is 5. The van der Waals surface area contributed by atoms with Gasteiger partial charge in [-0.25, -0.2) is 0 Å². The zero-order chi connectivity index (χ0) is 11.6. The topological polar surface area (TPSA) is 41.1 Å². The third-order valence-electron chi connectivity index (χ3n) is 5.95. The van der Waals surface area contributed by atoms with Crippen molar-refractivity contribution in [2.75, 3.05) is 13.1 Å². The monoisotopic (exact) mass is 234 g/mol. The van der Waals surface area contributed by atoms with Crippen LogP contribution in [0, 0.1) is 29.1 Å². The molecule has 1 amide bonds. The molecule has 2 bridgehead atoms. The Morgan fingerprint density at radius 2 is 2.00 bits per heavy atom. The lowest BCUT2D eigenvalue weighted by molar-refractivity contribution is -0.129. The number of carbonyl (C=O) groups is 1. The van der Waals surface area contributed by atoms with Crippen molar-refractivity contribution in [1.82, 2.24) is 10.6 Å². The smallest absolute Gasteiger partial charge is 0.227 e. The van der Waals surface area contributed by atoms with E-state index in [-0.39, 0.29) is 5.41 Å². The van der Waals surface area contributed by atoms with Crippen LogP contribution >= 0.6 is 0 Å². The van der Waals surface area contributed by atoms with Crippen LogP contribution in [0.1, 0.15) is 32.6 Å². The minimum absolute atomic E-state index is 0.143. The van der Waals surface area contributed by atoms with Gasteiger partial charge in [0.15, 0.2) is 0 Å². The SMILES string of the molecule is CC1(C(=O)NC2C3C4CCC(C4)C23)CCNC1. The van der Waals surface area contributed by atoms with Gasteiger partial charge in [-0.05, 0) is 62.8 Å². The summed E-state index contributed by atoms with van der Waals surface area (Å²) in [6.45, 7) is 3.95. The van der Waals surface area contributed by atoms with E-state index < -0.39 is 0 Å². The largest absolute Gasteiger partial charge is 0.352 e. The molecule has 1 saturated heterocycles. The molecule has 0 aromatic heterocycles. The number of rotatable bonds is 2. The van der Waals surface area contributed by atoms with Gasteiger partial charge in [0.05, 0.1) is 5.41 Å². The van der Waals surface area contributed by atoms with Gasteiger partial charge in [-0.3, -0.25) is 4.79 Å². The Balaban J connectivity index is 1.42. The van der Waals surface area contributed by atoms with Gasteiger partial charge in [-0.2, -0.15) is 0 Å². The molecule has 4 rings (SSSR count). The van der Waals surface area contributed by atoms with Crippen molar-refractivity contribution in [2.45, 2.75) is 38.6 Å². The first-order chi connectivity index (χ1) is 8.19. The zero-order valence-electron chi connectivity index (χ0n) is 10.5. The summed E-state index contributed by atoms with van der Waals surface area (Å²) in [4.78, 5) is 12.3. The van der Waals surface area contributed by atoms with E-state index in [1.54, 1.807) is 0 Å². The van der Waals surface area contributed by atoms with Gasteiger partial charge in [-0.1, -0.05) is 0 Å². The minimum Gasteiger partial charge on any atom is -0.352 e. The Morgan fingerprint density at radius 3 is 2.59 bits per heavy atom. The number of hydrogen-bond acceptors (Lipinski definition) is 2. The quantitative estimate of drug-likeness (QED) is 0.752. The van der Waals surface area contributed by atoms with Gasteiger partial charge in [0.1, 0.15) is 0 Å². The van der Waals surface area contributed by atoms with E-state index in [1.807, 2.05) is 0 Å². The lowest BCUT2D eigenvalue weighted by Crippen LogP contribution is -2.42. The maximum absolute atomic E-state index is 12.3. The molecule has 0 radical (unpaired) electrons. The molecule has 3 saturated carbocycles. The molecule has 2 N–H and O–H groups in total. The van der Waals surface area contributed by atoms with Gasteiger partial charge in [0.25, 0.3) is 0 Å². The Hall–Kier alpha value is -0.570. The second kappa shape index (κ2) is 3.25. The Bertz CT molecular complexity index is 345. The van der Waals surface area contributed by atoms with E-state index in [9.17, 15) is 4.79 Å². The van der Waals surface area contributed by atoms with E-state index in [0.29, 0.717) is 11.9 Å². The normalized spacial score (nSPS) is 54.8. The van der Waals surface area contributed by atoms with Crippen LogP contribution in [0.4, 0.5) is 0 Å². The van der Waals surface area contributed by atoms with Gasteiger partial charge in [0, 0.05) is 12.6 Å². The maximum atomic E-state index is 12.3. The fourth-order valence-corrected chi connectivity index (χ4v) is 4.85. The van der Waals surface area contributed by atoms with Crippen LogP contribution in [0.5, 0.6) is 0 Å². The van der Waals surface area contributed by atoms with Crippen molar-refractivity contribution in [3.8, 4) is 0 Å². The van der Waals surface area contributed by atoms with E-state index in [1.165, 1.54) is 19.3 Å². The standard InChI is InChI=1S/C14H22N2O/c1-14(4-5-15-7-14)13(17)16-12-10-8-2-3-9(6-8)11(10)12/h8-12,15H,2-7H2,1H3,(H,16,17). The fourth-order valence-electron chi connectivity index (χ4n) is 4.85. The molecule has 4 aliphatic rings. The van der Waals surface area contributed by atoms with Crippen molar-refractivity contribution in [3.63, 3.8) is 0 Å². The molecule has 4 fully saturated rings. The minimum atomic E-state index is -0.143. The summed E-state index contributed by atoms with van der Waals surface area (Å²) in [6.07, 6.45) is 5.31. The third kappa shape index (κ3) is 1.35. The van der Waals surface area contributed by atoms with Crippen molar-refractivity contribution < 1.29 is 4.79 Å². The molecule has 0 aromatic rings. The Labute approximate surface area is 103 Å². The molecule has 3 aliphatic carbocycles. The number of nitrogens with one attached hydrogen (secondary N) is 2. The molecular formula is C14H22N2O. The first-order valence-corrected chi connectivity index (χ1v) is 7.21. The summed E-state index contributed by atoms with van der Waals surface area (Å²) in [5.41, 5.74) is -0.143. The molecule has 5 unspecified atom stereocenters. The number of hydrogen-bond donors (Lipinski definition) is 2. The van der Waals surface area contributed by atoms with Crippen LogP contribution in [0.2, 0.25) is 0 Å². The molecule has 5 atom stereocenters. The third-order valence-corrected chi connectivity index (χ3v) is 5.95. The lowest BCUT2D eigenvalue weighted by Gasteiger charge is -2.22. The van der Waals surface area contributed by atoms with Crippen LogP contribution in [-0.4, -0.2) is 25.0 Å². The summed E-state index contributed by atoms with van der Waals surface area (Å²) in [7, 11) is 0. The highest BCUT2D eigenvalue weighted by atomic mass is 16.2. The van der Waals surface area contributed by atoms with Crippen LogP contribution in [-0.2, 0) is 4.79 Å². The Morgan fingerprint density at radius 1 is 1.29 bits per heavy atom. The summed E-state index contributed by atoms with van der Waals surface area (Å²) in [5.74, 6) is 3.92. The summed E-state index contributed by atoms with van der Waals surface area (Å²) in [5, 5.41) is 6.67. The first-order valence-electron chi connectivity index (χ1n) is 7.21. The van der Waals surface area contributed by atoms with E-state index in [0.717, 1.165) is 43.2 Å². The number of carbonyl (C=O) groups excluding carboxylic acids is 1. The molecule has 1 heterocycles. The summed E-state index contributed by atoms with van der Waals surface area (Å²) < 4.78 is 0. The highest BCUT2D eigenvalue weighted by molar-refractivity contribution is 5.83. The summed E-state index contributed by atoms with van der Waals surface area (Å²) in [6, 6.07) is 0.547. The summed E-state index contributed by atoms with van der Waals surface area (Å²) >= 11 is 0. The van der Waals surface area contributed by atoms with Crippen LogP contribution in [0.15, 0.2) is 0 Å². The van der Waals surface area contributed by atoms with E-state index in [4.69, 9.17) is 0 Å². The fraction of sp³-hybridized carbons (Fsp3) is 0.929.